The lowest BCUT2D eigenvalue weighted by atomic mass is 9.96. The Labute approximate surface area is 116 Å². The van der Waals surface area contributed by atoms with Crippen molar-refractivity contribution in [3.05, 3.63) is 0 Å². The number of nitrogens with zero attached hydrogens (tertiary/aromatic N) is 2. The second-order valence-corrected chi connectivity index (χ2v) is 6.77. The molecule has 0 spiro atoms. The largest absolute Gasteiger partial charge is 0.360 e. The SMILES string of the molecule is CCN(CCN=C1NC(C)(CC)CCS1)C1CC1. The predicted octanol–water partition coefficient (Wildman–Crippen LogP) is 2.72. The number of rotatable bonds is 6. The van der Waals surface area contributed by atoms with Crippen LogP contribution in [0.2, 0.25) is 0 Å². The summed E-state index contributed by atoms with van der Waals surface area (Å²) in [6.45, 7) is 10.1. The minimum atomic E-state index is 0.269. The number of likely N-dealkylation sites (N-methyl/N-ethyl adjacent to an activating group) is 1. The van der Waals surface area contributed by atoms with Crippen molar-refractivity contribution in [1.82, 2.24) is 10.2 Å². The fraction of sp³-hybridized carbons (Fsp3) is 0.929. The van der Waals surface area contributed by atoms with Gasteiger partial charge in [-0.15, -0.1) is 0 Å². The maximum atomic E-state index is 4.75. The molecule has 1 heterocycles. The molecule has 3 nitrogen and oxygen atoms in total. The van der Waals surface area contributed by atoms with Gasteiger partial charge in [0.2, 0.25) is 0 Å². The van der Waals surface area contributed by atoms with E-state index in [9.17, 15) is 0 Å². The van der Waals surface area contributed by atoms with Gasteiger partial charge in [-0.25, -0.2) is 0 Å². The molecule has 4 heteroatoms. The molecule has 1 saturated heterocycles. The molecule has 1 aliphatic carbocycles. The monoisotopic (exact) mass is 269 g/mol. The summed E-state index contributed by atoms with van der Waals surface area (Å²) in [5.41, 5.74) is 0.269. The second-order valence-electron chi connectivity index (χ2n) is 5.68. The molecule has 0 aromatic carbocycles. The van der Waals surface area contributed by atoms with Gasteiger partial charge < -0.3 is 5.32 Å². The van der Waals surface area contributed by atoms with Crippen molar-refractivity contribution in [1.29, 1.82) is 0 Å². The van der Waals surface area contributed by atoms with Gasteiger partial charge in [0, 0.05) is 23.9 Å². The Morgan fingerprint density at radius 3 is 2.83 bits per heavy atom. The maximum Gasteiger partial charge on any atom is 0.157 e. The average molecular weight is 269 g/mol. The van der Waals surface area contributed by atoms with E-state index < -0.39 is 0 Å². The Bertz CT molecular complexity index is 301. The van der Waals surface area contributed by atoms with Crippen molar-refractivity contribution in [2.75, 3.05) is 25.4 Å². The zero-order chi connectivity index (χ0) is 13.0. The number of amidine groups is 1. The van der Waals surface area contributed by atoms with Crippen molar-refractivity contribution >= 4 is 16.9 Å². The molecule has 18 heavy (non-hydrogen) atoms. The van der Waals surface area contributed by atoms with Gasteiger partial charge in [-0.05, 0) is 39.2 Å². The Morgan fingerprint density at radius 2 is 2.22 bits per heavy atom. The number of hydrogen-bond donors (Lipinski definition) is 1. The quantitative estimate of drug-likeness (QED) is 0.803. The zero-order valence-electron chi connectivity index (χ0n) is 12.0. The van der Waals surface area contributed by atoms with Crippen molar-refractivity contribution in [3.8, 4) is 0 Å². The Kier molecular flexibility index (Phi) is 4.96. The molecular weight excluding hydrogens is 242 g/mol. The first-order valence-electron chi connectivity index (χ1n) is 7.36. The number of hydrogen-bond acceptors (Lipinski definition) is 3. The minimum absolute atomic E-state index is 0.269. The van der Waals surface area contributed by atoms with Gasteiger partial charge in [0.15, 0.2) is 5.17 Å². The summed E-state index contributed by atoms with van der Waals surface area (Å²) in [7, 11) is 0. The lowest BCUT2D eigenvalue weighted by molar-refractivity contribution is 0.286. The third-order valence-corrected chi connectivity index (χ3v) is 5.11. The molecule has 1 aliphatic heterocycles. The van der Waals surface area contributed by atoms with E-state index in [1.54, 1.807) is 0 Å². The topological polar surface area (TPSA) is 27.6 Å². The normalized spacial score (nSPS) is 30.8. The molecule has 1 N–H and O–H groups in total. The van der Waals surface area contributed by atoms with Crippen LogP contribution >= 0.6 is 11.8 Å². The van der Waals surface area contributed by atoms with Gasteiger partial charge in [-0.1, -0.05) is 25.6 Å². The first-order valence-corrected chi connectivity index (χ1v) is 8.35. The van der Waals surface area contributed by atoms with Crippen LogP contribution in [0.15, 0.2) is 4.99 Å². The van der Waals surface area contributed by atoms with Gasteiger partial charge in [0.25, 0.3) is 0 Å². The zero-order valence-corrected chi connectivity index (χ0v) is 12.9. The molecule has 1 atom stereocenters. The van der Waals surface area contributed by atoms with E-state index >= 15 is 0 Å². The Morgan fingerprint density at radius 1 is 1.44 bits per heavy atom. The van der Waals surface area contributed by atoms with Crippen molar-refractivity contribution in [3.63, 3.8) is 0 Å². The van der Waals surface area contributed by atoms with Gasteiger partial charge in [-0.3, -0.25) is 9.89 Å². The molecule has 2 aliphatic rings. The summed E-state index contributed by atoms with van der Waals surface area (Å²) in [5, 5.41) is 4.77. The smallest absolute Gasteiger partial charge is 0.157 e. The maximum absolute atomic E-state index is 4.75. The van der Waals surface area contributed by atoms with Crippen LogP contribution < -0.4 is 5.32 Å². The molecule has 0 amide bonds. The van der Waals surface area contributed by atoms with Gasteiger partial charge >= 0.3 is 0 Å². The lowest BCUT2D eigenvalue weighted by Gasteiger charge is -2.35. The third-order valence-electron chi connectivity index (χ3n) is 4.19. The molecule has 1 unspecified atom stereocenters. The highest BCUT2D eigenvalue weighted by atomic mass is 32.2. The minimum Gasteiger partial charge on any atom is -0.360 e. The third kappa shape index (κ3) is 3.89. The van der Waals surface area contributed by atoms with Crippen LogP contribution in [0.25, 0.3) is 0 Å². The average Bonchev–Trinajstić information content (AvgIpc) is 3.19. The van der Waals surface area contributed by atoms with Crippen LogP contribution in [0.5, 0.6) is 0 Å². The van der Waals surface area contributed by atoms with E-state index in [4.69, 9.17) is 4.99 Å². The summed E-state index contributed by atoms with van der Waals surface area (Å²) in [5.74, 6) is 1.20. The van der Waals surface area contributed by atoms with Crippen LogP contribution in [0.3, 0.4) is 0 Å². The summed E-state index contributed by atoms with van der Waals surface area (Å²) >= 11 is 1.88. The van der Waals surface area contributed by atoms with Crippen molar-refractivity contribution < 1.29 is 0 Å². The molecule has 1 saturated carbocycles. The molecule has 0 aromatic rings. The fourth-order valence-electron chi connectivity index (χ4n) is 2.40. The second kappa shape index (κ2) is 6.29. The summed E-state index contributed by atoms with van der Waals surface area (Å²) in [6.07, 6.45) is 5.21. The number of aliphatic imine (C=N–C) groups is 1. The molecule has 0 bridgehead atoms. The summed E-state index contributed by atoms with van der Waals surface area (Å²) < 4.78 is 0. The highest BCUT2D eigenvalue weighted by Gasteiger charge is 2.28. The van der Waals surface area contributed by atoms with E-state index in [2.05, 4.69) is 31.0 Å². The Hall–Kier alpha value is -0.220. The van der Waals surface area contributed by atoms with Crippen LogP contribution in [0.4, 0.5) is 0 Å². The van der Waals surface area contributed by atoms with E-state index in [0.29, 0.717) is 0 Å². The fourth-order valence-corrected chi connectivity index (χ4v) is 3.65. The highest BCUT2D eigenvalue weighted by molar-refractivity contribution is 8.13. The molecule has 0 aromatic heterocycles. The highest BCUT2D eigenvalue weighted by Crippen LogP contribution is 2.26. The molecule has 2 fully saturated rings. The van der Waals surface area contributed by atoms with Gasteiger partial charge in [-0.2, -0.15) is 0 Å². The number of nitrogens with one attached hydrogen (secondary N) is 1. The van der Waals surface area contributed by atoms with E-state index in [1.807, 2.05) is 11.8 Å². The predicted molar refractivity (Wildman–Crippen MR) is 81.5 cm³/mol. The first kappa shape index (κ1) is 14.2. The van der Waals surface area contributed by atoms with Crippen molar-refractivity contribution in [2.45, 2.75) is 58.0 Å². The summed E-state index contributed by atoms with van der Waals surface area (Å²) in [6, 6.07) is 0.864. The van der Waals surface area contributed by atoms with E-state index in [-0.39, 0.29) is 5.54 Å². The van der Waals surface area contributed by atoms with E-state index in [1.165, 1.54) is 38.0 Å². The van der Waals surface area contributed by atoms with Crippen LogP contribution in [0, 0.1) is 0 Å². The van der Waals surface area contributed by atoms with Crippen LogP contribution in [0.1, 0.15) is 46.5 Å². The molecule has 2 rings (SSSR count). The molecule has 104 valence electrons. The standard InChI is InChI=1S/C14H27N3S/c1-4-14(3)8-11-18-13(16-14)15-9-10-17(5-2)12-6-7-12/h12H,4-11H2,1-3H3,(H,15,16). The Balaban J connectivity index is 1.77. The van der Waals surface area contributed by atoms with Crippen molar-refractivity contribution in [2.24, 2.45) is 4.99 Å². The lowest BCUT2D eigenvalue weighted by Crippen LogP contribution is -2.48. The summed E-state index contributed by atoms with van der Waals surface area (Å²) in [4.78, 5) is 7.32. The van der Waals surface area contributed by atoms with E-state index in [0.717, 1.165) is 24.3 Å². The first-order chi connectivity index (χ1) is 8.67. The van der Waals surface area contributed by atoms with Crippen LogP contribution in [-0.4, -0.2) is 47.0 Å². The van der Waals surface area contributed by atoms with Crippen LogP contribution in [-0.2, 0) is 0 Å². The molecular formula is C14H27N3S. The van der Waals surface area contributed by atoms with Gasteiger partial charge in [0.05, 0.1) is 6.54 Å². The van der Waals surface area contributed by atoms with Gasteiger partial charge in [0.1, 0.15) is 0 Å². The number of thioether (sulfide) groups is 1. The molecule has 0 radical (unpaired) electrons.